The number of carbonyl (C=O) groups is 1. The van der Waals surface area contributed by atoms with E-state index in [1.54, 1.807) is 17.8 Å². The number of thiophene rings is 1. The highest BCUT2D eigenvalue weighted by Gasteiger charge is 2.11. The molecular formula is C11H7ClOS2. The van der Waals surface area contributed by atoms with E-state index in [1.807, 2.05) is 35.7 Å². The van der Waals surface area contributed by atoms with E-state index in [0.717, 1.165) is 9.10 Å². The maximum Gasteiger partial charge on any atom is 0.254 e. The van der Waals surface area contributed by atoms with Crippen molar-refractivity contribution in [2.24, 2.45) is 0 Å². The van der Waals surface area contributed by atoms with Crippen LogP contribution >= 0.6 is 34.7 Å². The van der Waals surface area contributed by atoms with E-state index in [4.69, 9.17) is 11.6 Å². The molecule has 4 heteroatoms. The zero-order chi connectivity index (χ0) is 10.7. The molecule has 2 aromatic rings. The summed E-state index contributed by atoms with van der Waals surface area (Å²) >= 11 is 8.56. The minimum Gasteiger partial charge on any atom is -0.276 e. The van der Waals surface area contributed by atoms with Gasteiger partial charge in [0.05, 0.1) is 9.77 Å². The number of hydrogen-bond donors (Lipinski definition) is 0. The molecule has 0 bridgehead atoms. The highest BCUT2D eigenvalue weighted by molar-refractivity contribution is 8.01. The van der Waals surface area contributed by atoms with E-state index in [1.165, 1.54) is 11.3 Å². The lowest BCUT2D eigenvalue weighted by molar-refractivity contribution is 0.107. The summed E-state index contributed by atoms with van der Waals surface area (Å²) in [6, 6.07) is 11.7. The van der Waals surface area contributed by atoms with Gasteiger partial charge in [0.25, 0.3) is 5.24 Å². The summed E-state index contributed by atoms with van der Waals surface area (Å²) in [6.07, 6.45) is 0. The molecule has 0 spiro atoms. The molecule has 0 N–H and O–H groups in total. The van der Waals surface area contributed by atoms with E-state index < -0.39 is 5.24 Å². The second-order valence-electron chi connectivity index (χ2n) is 2.81. The molecule has 1 aromatic carbocycles. The van der Waals surface area contributed by atoms with Crippen molar-refractivity contribution < 1.29 is 4.79 Å². The molecule has 15 heavy (non-hydrogen) atoms. The average Bonchev–Trinajstić information content (AvgIpc) is 2.67. The van der Waals surface area contributed by atoms with Crippen molar-refractivity contribution >= 4 is 39.9 Å². The first-order valence-corrected chi connectivity index (χ1v) is 6.35. The minimum atomic E-state index is -0.394. The van der Waals surface area contributed by atoms with E-state index >= 15 is 0 Å². The summed E-state index contributed by atoms with van der Waals surface area (Å²) in [7, 11) is 0. The van der Waals surface area contributed by atoms with Crippen LogP contribution < -0.4 is 0 Å². The molecule has 0 aliphatic carbocycles. The van der Waals surface area contributed by atoms with Gasteiger partial charge in [0.2, 0.25) is 0 Å². The van der Waals surface area contributed by atoms with Crippen LogP contribution in [0.2, 0.25) is 0 Å². The fourth-order valence-corrected chi connectivity index (χ4v) is 3.43. The van der Waals surface area contributed by atoms with Gasteiger partial charge in [-0.3, -0.25) is 4.79 Å². The van der Waals surface area contributed by atoms with Crippen LogP contribution in [0.5, 0.6) is 0 Å². The molecule has 0 atom stereocenters. The SMILES string of the molecule is O=C(Cl)c1ccsc1Sc1ccccc1. The van der Waals surface area contributed by atoms with Gasteiger partial charge in [0.1, 0.15) is 0 Å². The first kappa shape index (κ1) is 10.7. The zero-order valence-corrected chi connectivity index (χ0v) is 10.0. The molecule has 2 rings (SSSR count). The second kappa shape index (κ2) is 4.84. The maximum atomic E-state index is 11.1. The Bertz CT molecular complexity index is 464. The summed E-state index contributed by atoms with van der Waals surface area (Å²) in [5, 5.41) is 1.48. The second-order valence-corrected chi connectivity index (χ2v) is 5.41. The lowest BCUT2D eigenvalue weighted by atomic mass is 10.4. The number of rotatable bonds is 3. The monoisotopic (exact) mass is 254 g/mol. The van der Waals surface area contributed by atoms with E-state index in [0.29, 0.717) is 5.56 Å². The lowest BCUT2D eigenvalue weighted by Crippen LogP contribution is -1.85. The molecule has 76 valence electrons. The third-order valence-electron chi connectivity index (χ3n) is 1.80. The molecule has 0 aliphatic heterocycles. The smallest absolute Gasteiger partial charge is 0.254 e. The minimum absolute atomic E-state index is 0.394. The summed E-state index contributed by atoms with van der Waals surface area (Å²) in [6.45, 7) is 0. The summed E-state index contributed by atoms with van der Waals surface area (Å²) in [5.41, 5.74) is 0.593. The van der Waals surface area contributed by atoms with Crippen LogP contribution in [0.4, 0.5) is 0 Å². The number of hydrogen-bond acceptors (Lipinski definition) is 3. The largest absolute Gasteiger partial charge is 0.276 e. The van der Waals surface area contributed by atoms with Gasteiger partial charge in [-0.1, -0.05) is 30.0 Å². The Hall–Kier alpha value is -0.770. The van der Waals surface area contributed by atoms with Gasteiger partial charge in [-0.15, -0.1) is 11.3 Å². The fourth-order valence-electron chi connectivity index (χ4n) is 1.12. The Kier molecular flexibility index (Phi) is 3.46. The van der Waals surface area contributed by atoms with Crippen LogP contribution in [0.15, 0.2) is 50.9 Å². The first-order chi connectivity index (χ1) is 7.27. The Balaban J connectivity index is 2.25. The summed E-state index contributed by atoms with van der Waals surface area (Å²) < 4.78 is 0.946. The Morgan fingerprint density at radius 2 is 1.93 bits per heavy atom. The van der Waals surface area contributed by atoms with Crippen molar-refractivity contribution in [3.05, 3.63) is 47.3 Å². The van der Waals surface area contributed by atoms with Crippen LogP contribution in [0, 0.1) is 0 Å². The quantitative estimate of drug-likeness (QED) is 0.761. The molecule has 1 heterocycles. The lowest BCUT2D eigenvalue weighted by Gasteiger charge is -1.99. The van der Waals surface area contributed by atoms with Gasteiger partial charge in [-0.05, 0) is 35.2 Å². The van der Waals surface area contributed by atoms with E-state index in [9.17, 15) is 4.79 Å². The van der Waals surface area contributed by atoms with Crippen LogP contribution in [0.3, 0.4) is 0 Å². The van der Waals surface area contributed by atoms with Crippen molar-refractivity contribution in [3.63, 3.8) is 0 Å². The molecule has 0 unspecified atom stereocenters. The van der Waals surface area contributed by atoms with Crippen molar-refractivity contribution in [3.8, 4) is 0 Å². The number of benzene rings is 1. The molecule has 0 amide bonds. The molecule has 0 aliphatic rings. The van der Waals surface area contributed by atoms with Gasteiger partial charge in [-0.25, -0.2) is 0 Å². The third-order valence-corrected chi connectivity index (χ3v) is 4.16. The van der Waals surface area contributed by atoms with Gasteiger partial charge in [0, 0.05) is 4.90 Å². The highest BCUT2D eigenvalue weighted by atomic mass is 35.5. The van der Waals surface area contributed by atoms with Gasteiger partial charge < -0.3 is 0 Å². The maximum absolute atomic E-state index is 11.1. The predicted molar refractivity (Wildman–Crippen MR) is 65.1 cm³/mol. The standard InChI is InChI=1S/C11H7ClOS2/c12-10(13)9-6-7-14-11(9)15-8-4-2-1-3-5-8/h1-7H. The molecule has 0 saturated heterocycles. The molecule has 0 saturated carbocycles. The molecule has 0 fully saturated rings. The normalized spacial score (nSPS) is 10.2. The molecule has 0 radical (unpaired) electrons. The number of carbonyl (C=O) groups excluding carboxylic acids is 1. The van der Waals surface area contributed by atoms with Crippen molar-refractivity contribution in [2.45, 2.75) is 9.10 Å². The average molecular weight is 255 g/mol. The van der Waals surface area contributed by atoms with Crippen LogP contribution in [0.25, 0.3) is 0 Å². The van der Waals surface area contributed by atoms with Crippen LogP contribution in [-0.2, 0) is 0 Å². The Morgan fingerprint density at radius 1 is 1.20 bits per heavy atom. The Labute approximate surface area is 101 Å². The topological polar surface area (TPSA) is 17.1 Å². The van der Waals surface area contributed by atoms with Gasteiger partial charge in [0.15, 0.2) is 0 Å². The Morgan fingerprint density at radius 3 is 2.60 bits per heavy atom. The first-order valence-electron chi connectivity index (χ1n) is 4.27. The molecule has 1 aromatic heterocycles. The van der Waals surface area contributed by atoms with Gasteiger partial charge in [-0.2, -0.15) is 0 Å². The summed E-state index contributed by atoms with van der Waals surface area (Å²) in [5.74, 6) is 0. The van der Waals surface area contributed by atoms with E-state index in [2.05, 4.69) is 0 Å². The third kappa shape index (κ3) is 2.62. The number of halogens is 1. The summed E-state index contributed by atoms with van der Waals surface area (Å²) in [4.78, 5) is 12.2. The predicted octanol–water partition coefficient (Wildman–Crippen LogP) is 4.28. The fraction of sp³-hybridized carbons (Fsp3) is 0. The van der Waals surface area contributed by atoms with E-state index in [-0.39, 0.29) is 0 Å². The van der Waals surface area contributed by atoms with Crippen LogP contribution in [-0.4, -0.2) is 5.24 Å². The molecule has 1 nitrogen and oxygen atoms in total. The van der Waals surface area contributed by atoms with Gasteiger partial charge >= 0.3 is 0 Å². The van der Waals surface area contributed by atoms with Crippen molar-refractivity contribution in [2.75, 3.05) is 0 Å². The van der Waals surface area contributed by atoms with Crippen LogP contribution in [0.1, 0.15) is 10.4 Å². The van der Waals surface area contributed by atoms with Crippen molar-refractivity contribution in [1.29, 1.82) is 0 Å². The zero-order valence-electron chi connectivity index (χ0n) is 7.64. The molecular weight excluding hydrogens is 248 g/mol. The van der Waals surface area contributed by atoms with Crippen molar-refractivity contribution in [1.82, 2.24) is 0 Å². The highest BCUT2D eigenvalue weighted by Crippen LogP contribution is 2.35.